The van der Waals surface area contributed by atoms with E-state index in [2.05, 4.69) is 0 Å². The van der Waals surface area contributed by atoms with Crippen molar-refractivity contribution in [1.29, 1.82) is 0 Å². The Hall–Kier alpha value is -0.700. The molecule has 0 fully saturated rings. The van der Waals surface area contributed by atoms with Gasteiger partial charge in [-0.15, -0.1) is 0 Å². The van der Waals surface area contributed by atoms with Gasteiger partial charge in [0.2, 0.25) is 0 Å². The predicted octanol–water partition coefficient (Wildman–Crippen LogP) is 0.374. The minimum absolute atomic E-state index is 0.382. The van der Waals surface area contributed by atoms with Gasteiger partial charge in [-0.05, 0) is 0 Å². The van der Waals surface area contributed by atoms with E-state index in [1.54, 1.807) is 0 Å². The molecule has 0 unspecified atom stereocenters. The molecule has 2 N–H and O–H groups in total. The molecule has 0 aromatic heterocycles. The number of hydrogen-bond donors (Lipinski definition) is 2. The molecule has 0 saturated heterocycles. The predicted molar refractivity (Wildman–Crippen MR) is 18.9 cm³/mol. The van der Waals surface area contributed by atoms with Crippen molar-refractivity contribution >= 4 is 0 Å². The molecule has 0 aliphatic rings. The molecule has 0 aromatic rings. The summed E-state index contributed by atoms with van der Waals surface area (Å²) in [6.45, 7) is -0.753. The maximum Gasteiger partial charge on any atom is 0.155 e. The summed E-state index contributed by atoms with van der Waals surface area (Å²) in [6.07, 6.45) is 0.382. The zero-order chi connectivity index (χ0) is 4.99. The van der Waals surface area contributed by atoms with Gasteiger partial charge in [0, 0.05) is 0 Å². The van der Waals surface area contributed by atoms with Crippen LogP contribution in [0.4, 0.5) is 0 Å². The molecule has 0 atom stereocenters. The van der Waals surface area contributed by atoms with E-state index in [9.17, 15) is 5.11 Å². The number of hydrogen-bond acceptors (Lipinski definition) is 2. The van der Waals surface area contributed by atoms with Crippen molar-refractivity contribution in [1.82, 2.24) is 0 Å². The van der Waals surface area contributed by atoms with Crippen molar-refractivity contribution in [3.8, 4) is 0 Å². The Morgan fingerprint density at radius 3 is 2.33 bits per heavy atom. The van der Waals surface area contributed by atoms with Crippen LogP contribution in [-0.4, -0.2) is 16.8 Å². The number of aliphatic hydroxyl groups is 2. The zero-order valence-electron chi connectivity index (χ0n) is 3.09. The fourth-order valence-corrected chi connectivity index (χ4v) is 0.0373. The molecular weight excluding hydrogens is 84.0 g/mol. The van der Waals surface area contributed by atoms with E-state index in [1.807, 2.05) is 0 Å². The smallest absolute Gasteiger partial charge is 0.155 e. The quantitative estimate of drug-likeness (QED) is 0.456. The lowest BCUT2D eigenvalue weighted by molar-refractivity contribution is 0.170. The van der Waals surface area contributed by atoms with Crippen molar-refractivity contribution in [2.45, 2.75) is 0 Å². The van der Waals surface area contributed by atoms with Crippen molar-refractivity contribution in [2.24, 2.45) is 0 Å². The van der Waals surface area contributed by atoms with Crippen LogP contribution in [0.3, 0.4) is 0 Å². The van der Waals surface area contributed by atoms with Crippen LogP contribution in [0, 0.1) is 0 Å². The third kappa shape index (κ3) is 1.60. The maximum absolute atomic E-state index is 9.38. The fraction of sp³-hybridized carbons (Fsp3) is 0.333. The Morgan fingerprint density at radius 1 is 1.83 bits per heavy atom. The Bertz CT molecular complexity index is 57.1. The minimum Gasteiger partial charge on any atom is -0.512 e. The molecule has 0 rings (SSSR count). The standard InChI is InChI=1S/C3H5O3/c4-1-3(6)2-5/h1,4,6H,2H2. The van der Waals surface area contributed by atoms with Gasteiger partial charge in [0.1, 0.15) is 12.9 Å². The van der Waals surface area contributed by atoms with Crippen LogP contribution >= 0.6 is 0 Å². The van der Waals surface area contributed by atoms with Gasteiger partial charge in [0.05, 0.1) is 0 Å². The maximum atomic E-state index is 9.38. The third-order valence-electron chi connectivity index (χ3n) is 0.297. The summed E-state index contributed by atoms with van der Waals surface area (Å²) in [5.41, 5.74) is 0. The van der Waals surface area contributed by atoms with Crippen LogP contribution in [0.1, 0.15) is 0 Å². The summed E-state index contributed by atoms with van der Waals surface area (Å²) >= 11 is 0. The fourth-order valence-electron chi connectivity index (χ4n) is 0.0373. The normalized spacial score (nSPS) is 11.8. The van der Waals surface area contributed by atoms with E-state index in [1.165, 1.54) is 0 Å². The van der Waals surface area contributed by atoms with Crippen molar-refractivity contribution < 1.29 is 15.3 Å². The molecule has 0 aliphatic carbocycles. The van der Waals surface area contributed by atoms with Crippen LogP contribution in [0.2, 0.25) is 0 Å². The van der Waals surface area contributed by atoms with Crippen LogP contribution in [-0.2, 0) is 5.11 Å². The van der Waals surface area contributed by atoms with Crippen molar-refractivity contribution in [3.63, 3.8) is 0 Å². The summed E-state index contributed by atoms with van der Waals surface area (Å²) in [6, 6.07) is 0. The van der Waals surface area contributed by atoms with Gasteiger partial charge in [-0.25, -0.2) is 5.11 Å². The lowest BCUT2D eigenvalue weighted by Gasteiger charge is -1.81. The largest absolute Gasteiger partial charge is 0.512 e. The summed E-state index contributed by atoms with van der Waals surface area (Å²) in [5.74, 6) is -0.532. The topological polar surface area (TPSA) is 60.4 Å². The average molecular weight is 89.1 g/mol. The van der Waals surface area contributed by atoms with Gasteiger partial charge in [0.25, 0.3) is 0 Å². The zero-order valence-corrected chi connectivity index (χ0v) is 3.09. The summed E-state index contributed by atoms with van der Waals surface area (Å²) in [5, 5.41) is 25.1. The summed E-state index contributed by atoms with van der Waals surface area (Å²) in [4.78, 5) is 0. The Kier molecular flexibility index (Phi) is 2.24. The Labute approximate surface area is 35.2 Å². The van der Waals surface area contributed by atoms with Gasteiger partial charge in [-0.1, -0.05) is 0 Å². The van der Waals surface area contributed by atoms with E-state index in [0.29, 0.717) is 6.26 Å². The first kappa shape index (κ1) is 5.30. The van der Waals surface area contributed by atoms with Gasteiger partial charge < -0.3 is 10.2 Å². The summed E-state index contributed by atoms with van der Waals surface area (Å²) < 4.78 is 0. The molecular formula is C3H5O3. The molecule has 6 heavy (non-hydrogen) atoms. The Balaban J connectivity index is 3.22. The number of rotatable bonds is 1. The molecule has 0 saturated carbocycles. The molecule has 0 spiro atoms. The molecule has 1 radical (unpaired) electrons. The lowest BCUT2D eigenvalue weighted by Crippen LogP contribution is -1.83. The van der Waals surface area contributed by atoms with Crippen LogP contribution in [0.5, 0.6) is 0 Å². The highest BCUT2D eigenvalue weighted by Crippen LogP contribution is 1.77. The third-order valence-corrected chi connectivity index (χ3v) is 0.297. The van der Waals surface area contributed by atoms with Gasteiger partial charge in [-0.3, -0.25) is 0 Å². The van der Waals surface area contributed by atoms with E-state index >= 15 is 0 Å². The highest BCUT2D eigenvalue weighted by atomic mass is 16.3. The molecule has 0 amide bonds. The van der Waals surface area contributed by atoms with Crippen LogP contribution < -0.4 is 0 Å². The summed E-state index contributed by atoms with van der Waals surface area (Å²) in [7, 11) is 0. The van der Waals surface area contributed by atoms with E-state index in [4.69, 9.17) is 10.2 Å². The minimum atomic E-state index is -0.753. The van der Waals surface area contributed by atoms with E-state index in [-0.39, 0.29) is 0 Å². The first-order valence-electron chi connectivity index (χ1n) is 1.41. The molecule has 3 nitrogen and oxygen atoms in total. The van der Waals surface area contributed by atoms with Crippen LogP contribution in [0.15, 0.2) is 12.0 Å². The average Bonchev–Trinajstić information content (AvgIpc) is 1.65. The van der Waals surface area contributed by atoms with Crippen molar-refractivity contribution in [3.05, 3.63) is 12.0 Å². The highest BCUT2D eigenvalue weighted by Gasteiger charge is 1.82. The molecule has 0 heterocycles. The Morgan fingerprint density at radius 2 is 2.33 bits per heavy atom. The van der Waals surface area contributed by atoms with Crippen LogP contribution in [0.25, 0.3) is 0 Å². The second-order valence-electron chi connectivity index (χ2n) is 0.765. The monoisotopic (exact) mass is 89.0 g/mol. The number of aliphatic hydroxyl groups excluding tert-OH is 2. The van der Waals surface area contributed by atoms with E-state index < -0.39 is 12.4 Å². The second kappa shape index (κ2) is 2.53. The first-order chi connectivity index (χ1) is 2.81. The van der Waals surface area contributed by atoms with Gasteiger partial charge in [-0.2, -0.15) is 0 Å². The molecule has 0 bridgehead atoms. The van der Waals surface area contributed by atoms with E-state index in [0.717, 1.165) is 0 Å². The molecule has 35 valence electrons. The second-order valence-corrected chi connectivity index (χ2v) is 0.765. The van der Waals surface area contributed by atoms with Gasteiger partial charge >= 0.3 is 0 Å². The van der Waals surface area contributed by atoms with Gasteiger partial charge in [0.15, 0.2) is 5.76 Å². The molecule has 0 aliphatic heterocycles. The molecule has 0 aromatic carbocycles. The first-order valence-corrected chi connectivity index (χ1v) is 1.41. The molecule has 3 heteroatoms. The lowest BCUT2D eigenvalue weighted by atomic mass is 10.6. The SMILES string of the molecule is [O]CC(O)=CO. The highest BCUT2D eigenvalue weighted by molar-refractivity contribution is 4.80. The van der Waals surface area contributed by atoms with Crippen molar-refractivity contribution in [2.75, 3.05) is 6.61 Å².